The Morgan fingerprint density at radius 2 is 2.19 bits per heavy atom. The summed E-state index contributed by atoms with van der Waals surface area (Å²) in [6, 6.07) is 6.51. The molecule has 1 N–H and O–H groups in total. The van der Waals surface area contributed by atoms with E-state index < -0.39 is 5.82 Å². The van der Waals surface area contributed by atoms with Crippen LogP contribution < -0.4 is 5.32 Å². The average molecular weight is 370 g/mol. The zero-order valence-electron chi connectivity index (χ0n) is 10.4. The maximum absolute atomic E-state index is 14.5. The second kappa shape index (κ2) is 5.46. The van der Waals surface area contributed by atoms with Gasteiger partial charge in [-0.05, 0) is 24.3 Å². The van der Waals surface area contributed by atoms with Crippen LogP contribution in [0.25, 0.3) is 11.1 Å². The summed E-state index contributed by atoms with van der Waals surface area (Å²) in [5.41, 5.74) is 0.870. The number of hydrogen-bond donors (Lipinski definition) is 1. The van der Waals surface area contributed by atoms with Gasteiger partial charge in [-0.15, -0.1) is 0 Å². The summed E-state index contributed by atoms with van der Waals surface area (Å²) < 4.78 is 20.3. The summed E-state index contributed by atoms with van der Waals surface area (Å²) in [6.07, 6.45) is 1.67. The minimum Gasteiger partial charge on any atom is -0.443 e. The van der Waals surface area contributed by atoms with Crippen molar-refractivity contribution in [3.05, 3.63) is 51.5 Å². The molecule has 21 heavy (non-hydrogen) atoms. The minimum atomic E-state index is -0.665. The van der Waals surface area contributed by atoms with Gasteiger partial charge in [0.15, 0.2) is 24.1 Å². The average Bonchev–Trinajstić information content (AvgIpc) is 2.92. The molecule has 3 rings (SSSR count). The number of rotatable bonds is 3. The number of carbonyl (C=O) groups is 1. The van der Waals surface area contributed by atoms with Gasteiger partial charge < -0.3 is 9.73 Å². The number of anilines is 2. The number of aldehydes is 1. The number of carbonyl (C=O) groups excluding carboxylic acids is 1. The van der Waals surface area contributed by atoms with Gasteiger partial charge in [0.05, 0.1) is 16.4 Å². The van der Waals surface area contributed by atoms with Crippen LogP contribution in [0, 0.1) is 5.82 Å². The molecule has 1 aromatic heterocycles. The lowest BCUT2D eigenvalue weighted by Crippen LogP contribution is -2.00. The largest absolute Gasteiger partial charge is 0.443 e. The Bertz CT molecular complexity index is 850. The SMILES string of the molecule is O=Cc1cc2ocnc2c(F)c1Nc1ccc(Br)cc1Cl. The first-order valence-corrected chi connectivity index (χ1v) is 7.00. The van der Waals surface area contributed by atoms with E-state index in [-0.39, 0.29) is 22.4 Å². The molecule has 0 atom stereocenters. The van der Waals surface area contributed by atoms with Crippen LogP contribution in [0.5, 0.6) is 0 Å². The fraction of sp³-hybridized carbons (Fsp3) is 0. The van der Waals surface area contributed by atoms with Gasteiger partial charge in [0.25, 0.3) is 0 Å². The van der Waals surface area contributed by atoms with E-state index in [0.717, 1.165) is 10.9 Å². The number of nitrogens with one attached hydrogen (secondary N) is 1. The predicted molar refractivity (Wildman–Crippen MR) is 81.8 cm³/mol. The smallest absolute Gasteiger partial charge is 0.182 e. The summed E-state index contributed by atoms with van der Waals surface area (Å²) >= 11 is 9.37. The van der Waals surface area contributed by atoms with Gasteiger partial charge in [-0.2, -0.15) is 0 Å². The summed E-state index contributed by atoms with van der Waals surface area (Å²) in [6.45, 7) is 0. The maximum atomic E-state index is 14.5. The number of nitrogens with zero attached hydrogens (tertiary/aromatic N) is 1. The van der Waals surface area contributed by atoms with Crippen LogP contribution in [0.2, 0.25) is 5.02 Å². The lowest BCUT2D eigenvalue weighted by Gasteiger charge is -2.11. The van der Waals surface area contributed by atoms with Gasteiger partial charge in [-0.1, -0.05) is 27.5 Å². The normalized spacial score (nSPS) is 10.8. The summed E-state index contributed by atoms with van der Waals surface area (Å²) in [5.74, 6) is -0.665. The number of halogens is 3. The molecule has 0 aliphatic heterocycles. The third kappa shape index (κ3) is 2.52. The van der Waals surface area contributed by atoms with E-state index in [1.165, 1.54) is 6.07 Å². The molecule has 0 aliphatic rings. The third-order valence-corrected chi connectivity index (χ3v) is 3.72. The monoisotopic (exact) mass is 368 g/mol. The number of benzene rings is 2. The number of aromatic nitrogens is 1. The quantitative estimate of drug-likeness (QED) is 0.665. The summed E-state index contributed by atoms with van der Waals surface area (Å²) in [5, 5.41) is 3.22. The lowest BCUT2D eigenvalue weighted by molar-refractivity contribution is 0.112. The molecule has 1 heterocycles. The van der Waals surface area contributed by atoms with Gasteiger partial charge in [0.2, 0.25) is 0 Å². The first kappa shape index (κ1) is 14.0. The molecule has 0 saturated heterocycles. The van der Waals surface area contributed by atoms with E-state index in [1.54, 1.807) is 18.2 Å². The molecular weight excluding hydrogens is 363 g/mol. The van der Waals surface area contributed by atoms with E-state index in [1.807, 2.05) is 0 Å². The molecule has 0 spiro atoms. The molecule has 0 radical (unpaired) electrons. The molecule has 0 unspecified atom stereocenters. The first-order chi connectivity index (χ1) is 10.1. The fourth-order valence-corrected chi connectivity index (χ4v) is 2.65. The van der Waals surface area contributed by atoms with E-state index >= 15 is 0 Å². The third-order valence-electron chi connectivity index (χ3n) is 2.92. The number of fused-ring (bicyclic) bond motifs is 1. The molecule has 0 aliphatic carbocycles. The van der Waals surface area contributed by atoms with Crippen molar-refractivity contribution in [2.24, 2.45) is 0 Å². The summed E-state index contributed by atoms with van der Waals surface area (Å²) in [7, 11) is 0. The standard InChI is InChI=1S/C14H7BrClFN2O2/c15-8-1-2-10(9(16)4-8)19-13-7(5-20)3-11-14(12(13)17)18-6-21-11/h1-6,19H. The molecule has 0 bridgehead atoms. The molecule has 2 aromatic carbocycles. The molecule has 0 amide bonds. The van der Waals surface area contributed by atoms with Gasteiger partial charge in [-0.3, -0.25) is 4.79 Å². The van der Waals surface area contributed by atoms with Gasteiger partial charge in [0, 0.05) is 10.0 Å². The molecule has 0 saturated carbocycles. The number of oxazole rings is 1. The summed E-state index contributed by atoms with van der Waals surface area (Å²) in [4.78, 5) is 15.0. The van der Waals surface area contributed by atoms with Gasteiger partial charge in [0.1, 0.15) is 5.52 Å². The zero-order valence-corrected chi connectivity index (χ0v) is 12.7. The van der Waals surface area contributed by atoms with Crippen LogP contribution in [-0.4, -0.2) is 11.3 Å². The van der Waals surface area contributed by atoms with Crippen LogP contribution >= 0.6 is 27.5 Å². The maximum Gasteiger partial charge on any atom is 0.182 e. The van der Waals surface area contributed by atoms with Crippen molar-refractivity contribution in [1.82, 2.24) is 4.98 Å². The zero-order chi connectivity index (χ0) is 15.0. The van der Waals surface area contributed by atoms with Crippen molar-refractivity contribution < 1.29 is 13.6 Å². The van der Waals surface area contributed by atoms with Crippen molar-refractivity contribution in [2.45, 2.75) is 0 Å². The van der Waals surface area contributed by atoms with E-state index in [4.69, 9.17) is 16.0 Å². The van der Waals surface area contributed by atoms with Crippen molar-refractivity contribution in [2.75, 3.05) is 5.32 Å². The molecule has 7 heteroatoms. The molecule has 106 valence electrons. The highest BCUT2D eigenvalue weighted by Crippen LogP contribution is 2.33. The second-order valence-electron chi connectivity index (χ2n) is 4.22. The second-order valence-corrected chi connectivity index (χ2v) is 5.54. The van der Waals surface area contributed by atoms with Gasteiger partial charge >= 0.3 is 0 Å². The Hall–Kier alpha value is -1.92. The predicted octanol–water partition coefficient (Wildman–Crippen LogP) is 4.94. The van der Waals surface area contributed by atoms with Crippen LogP contribution in [-0.2, 0) is 0 Å². The highest BCUT2D eigenvalue weighted by atomic mass is 79.9. The molecule has 3 aromatic rings. The fourth-order valence-electron chi connectivity index (χ4n) is 1.93. The Morgan fingerprint density at radius 3 is 2.90 bits per heavy atom. The van der Waals surface area contributed by atoms with E-state index in [2.05, 4.69) is 26.2 Å². The van der Waals surface area contributed by atoms with Crippen molar-refractivity contribution in [1.29, 1.82) is 0 Å². The molecular formula is C14H7BrClFN2O2. The van der Waals surface area contributed by atoms with Gasteiger partial charge in [-0.25, -0.2) is 9.37 Å². The number of hydrogen-bond acceptors (Lipinski definition) is 4. The minimum absolute atomic E-state index is 0.00984. The first-order valence-electron chi connectivity index (χ1n) is 5.83. The Labute approximate surface area is 132 Å². The van der Waals surface area contributed by atoms with Crippen molar-refractivity contribution >= 4 is 56.3 Å². The van der Waals surface area contributed by atoms with E-state index in [9.17, 15) is 9.18 Å². The Balaban J connectivity index is 2.14. The highest BCUT2D eigenvalue weighted by molar-refractivity contribution is 9.10. The molecule has 0 fully saturated rings. The van der Waals surface area contributed by atoms with Crippen molar-refractivity contribution in [3.8, 4) is 0 Å². The topological polar surface area (TPSA) is 55.1 Å². The lowest BCUT2D eigenvalue weighted by atomic mass is 10.1. The molecule has 4 nitrogen and oxygen atoms in total. The Morgan fingerprint density at radius 1 is 1.38 bits per heavy atom. The Kier molecular flexibility index (Phi) is 3.65. The van der Waals surface area contributed by atoms with Crippen LogP contribution in [0.4, 0.5) is 15.8 Å². The van der Waals surface area contributed by atoms with E-state index in [0.29, 0.717) is 17.0 Å². The van der Waals surface area contributed by atoms with Crippen LogP contribution in [0.3, 0.4) is 0 Å². The highest BCUT2D eigenvalue weighted by Gasteiger charge is 2.17. The van der Waals surface area contributed by atoms with Crippen molar-refractivity contribution in [3.63, 3.8) is 0 Å². The van der Waals surface area contributed by atoms with Crippen LogP contribution in [0.1, 0.15) is 10.4 Å². The van der Waals surface area contributed by atoms with Crippen LogP contribution in [0.15, 0.2) is 39.5 Å².